The first kappa shape index (κ1) is 14.1. The molecule has 0 radical (unpaired) electrons. The molecule has 0 aliphatic rings. The molecule has 0 spiro atoms. The van der Waals surface area contributed by atoms with Gasteiger partial charge < -0.3 is 4.57 Å². The van der Waals surface area contributed by atoms with E-state index in [-0.39, 0.29) is 24.4 Å². The molecular weight excluding hydrogens is 291 g/mol. The largest absolute Gasteiger partial charge is 0.323 e. The van der Waals surface area contributed by atoms with E-state index in [1.807, 2.05) is 6.07 Å². The van der Waals surface area contributed by atoms with Crippen LogP contribution >= 0.6 is 0 Å². The van der Waals surface area contributed by atoms with Crippen molar-refractivity contribution in [1.82, 2.24) is 9.55 Å². The van der Waals surface area contributed by atoms with Crippen LogP contribution in [0.2, 0.25) is 0 Å². The highest BCUT2D eigenvalue weighted by atomic mass is 19.2. The topological polar surface area (TPSA) is 41.6 Å². The Hall–Kier alpha value is -2.81. The molecule has 3 aromatic rings. The number of imidazole rings is 1. The molecule has 0 saturated carbocycles. The number of nitriles is 1. The second-order valence-corrected chi connectivity index (χ2v) is 4.71. The SMILES string of the molecule is N#CCCn1c(-c2ccc(F)c(F)c2F)nc2ccccc21. The van der Waals surface area contributed by atoms with E-state index >= 15 is 0 Å². The Kier molecular flexibility index (Phi) is 3.55. The van der Waals surface area contributed by atoms with Crippen LogP contribution in [0.15, 0.2) is 36.4 Å². The Morgan fingerprint density at radius 3 is 2.59 bits per heavy atom. The first-order valence-electron chi connectivity index (χ1n) is 6.59. The number of hydrogen-bond acceptors (Lipinski definition) is 2. The number of nitrogens with zero attached hydrogens (tertiary/aromatic N) is 3. The Morgan fingerprint density at radius 2 is 1.82 bits per heavy atom. The molecule has 0 aliphatic carbocycles. The standard InChI is InChI=1S/C16H10F3N3/c17-11-7-6-10(14(18)15(11)19)16-21-12-4-1-2-5-13(12)22(16)9-3-8-20/h1-2,4-7H,3,9H2. The van der Waals surface area contributed by atoms with E-state index in [0.29, 0.717) is 11.0 Å². The van der Waals surface area contributed by atoms with Gasteiger partial charge in [0.1, 0.15) is 5.82 Å². The number of benzene rings is 2. The summed E-state index contributed by atoms with van der Waals surface area (Å²) in [6.45, 7) is 0.283. The zero-order valence-corrected chi connectivity index (χ0v) is 11.4. The van der Waals surface area contributed by atoms with E-state index in [4.69, 9.17) is 5.26 Å². The molecule has 2 aromatic carbocycles. The summed E-state index contributed by atoms with van der Waals surface area (Å²) >= 11 is 0. The van der Waals surface area contributed by atoms with Gasteiger partial charge in [0.15, 0.2) is 17.5 Å². The maximum atomic E-state index is 14.0. The maximum Gasteiger partial charge on any atom is 0.195 e. The zero-order valence-electron chi connectivity index (χ0n) is 11.4. The number of para-hydroxylation sites is 2. The molecule has 1 heterocycles. The van der Waals surface area contributed by atoms with Gasteiger partial charge in [0.2, 0.25) is 0 Å². The van der Waals surface area contributed by atoms with Crippen molar-refractivity contribution in [1.29, 1.82) is 5.26 Å². The van der Waals surface area contributed by atoms with Crippen LogP contribution in [0.5, 0.6) is 0 Å². The lowest BCUT2D eigenvalue weighted by Gasteiger charge is -2.08. The van der Waals surface area contributed by atoms with Crippen LogP contribution in [-0.2, 0) is 6.54 Å². The predicted molar refractivity (Wildman–Crippen MR) is 75.3 cm³/mol. The van der Waals surface area contributed by atoms with Crippen molar-refractivity contribution >= 4 is 11.0 Å². The van der Waals surface area contributed by atoms with Gasteiger partial charge in [0, 0.05) is 6.54 Å². The van der Waals surface area contributed by atoms with Crippen LogP contribution in [0.1, 0.15) is 6.42 Å². The van der Waals surface area contributed by atoms with Crippen molar-refractivity contribution in [2.75, 3.05) is 0 Å². The van der Waals surface area contributed by atoms with Gasteiger partial charge >= 0.3 is 0 Å². The van der Waals surface area contributed by atoms with E-state index in [2.05, 4.69) is 4.98 Å². The molecule has 3 nitrogen and oxygen atoms in total. The fourth-order valence-corrected chi connectivity index (χ4v) is 2.37. The minimum atomic E-state index is -1.53. The summed E-state index contributed by atoms with van der Waals surface area (Å²) in [7, 11) is 0. The van der Waals surface area contributed by atoms with Crippen LogP contribution in [-0.4, -0.2) is 9.55 Å². The van der Waals surface area contributed by atoms with Gasteiger partial charge in [-0.2, -0.15) is 5.26 Å². The summed E-state index contributed by atoms with van der Waals surface area (Å²) in [4.78, 5) is 4.29. The summed E-state index contributed by atoms with van der Waals surface area (Å²) in [5.41, 5.74) is 1.17. The number of fused-ring (bicyclic) bond motifs is 1. The summed E-state index contributed by atoms with van der Waals surface area (Å²) in [6.07, 6.45) is 0.193. The second-order valence-electron chi connectivity index (χ2n) is 4.71. The lowest BCUT2D eigenvalue weighted by molar-refractivity contribution is 0.448. The fourth-order valence-electron chi connectivity index (χ4n) is 2.37. The number of halogens is 3. The van der Waals surface area contributed by atoms with Gasteiger partial charge in [-0.3, -0.25) is 0 Å². The van der Waals surface area contributed by atoms with Gasteiger partial charge in [-0.25, -0.2) is 18.2 Å². The number of rotatable bonds is 3. The normalized spacial score (nSPS) is 10.8. The summed E-state index contributed by atoms with van der Waals surface area (Å²) < 4.78 is 42.3. The summed E-state index contributed by atoms with van der Waals surface area (Å²) in [5, 5.41) is 8.77. The molecule has 0 unspecified atom stereocenters. The zero-order chi connectivity index (χ0) is 15.7. The minimum Gasteiger partial charge on any atom is -0.323 e. The molecule has 0 atom stereocenters. The lowest BCUT2D eigenvalue weighted by Crippen LogP contribution is -2.03. The highest BCUT2D eigenvalue weighted by molar-refractivity contribution is 5.80. The predicted octanol–water partition coefficient (Wildman–Crippen LogP) is 4.03. The van der Waals surface area contributed by atoms with Gasteiger partial charge in [-0.05, 0) is 24.3 Å². The van der Waals surface area contributed by atoms with Crippen LogP contribution in [0.4, 0.5) is 13.2 Å². The first-order chi connectivity index (χ1) is 10.6. The molecule has 0 amide bonds. The first-order valence-corrected chi connectivity index (χ1v) is 6.59. The average Bonchev–Trinajstić information content (AvgIpc) is 2.89. The van der Waals surface area contributed by atoms with Crippen LogP contribution in [0, 0.1) is 28.8 Å². The third-order valence-corrected chi connectivity index (χ3v) is 3.38. The highest BCUT2D eigenvalue weighted by Gasteiger charge is 2.20. The molecule has 0 N–H and O–H groups in total. The van der Waals surface area contributed by atoms with Gasteiger partial charge in [0.25, 0.3) is 0 Å². The van der Waals surface area contributed by atoms with Gasteiger partial charge in [-0.1, -0.05) is 12.1 Å². The molecule has 3 rings (SSSR count). The van der Waals surface area contributed by atoms with E-state index in [1.165, 1.54) is 0 Å². The van der Waals surface area contributed by atoms with Crippen molar-refractivity contribution in [3.63, 3.8) is 0 Å². The Morgan fingerprint density at radius 1 is 1.05 bits per heavy atom. The number of aryl methyl sites for hydroxylation is 1. The van der Waals surface area contributed by atoms with Crippen molar-refractivity contribution in [3.05, 3.63) is 53.8 Å². The molecule has 0 aliphatic heterocycles. The highest BCUT2D eigenvalue weighted by Crippen LogP contribution is 2.29. The van der Waals surface area contributed by atoms with Crippen LogP contribution < -0.4 is 0 Å². The smallest absolute Gasteiger partial charge is 0.195 e. The van der Waals surface area contributed by atoms with Gasteiger partial charge in [-0.15, -0.1) is 0 Å². The second kappa shape index (κ2) is 5.53. The molecule has 6 heteroatoms. The van der Waals surface area contributed by atoms with E-state index in [1.54, 1.807) is 28.8 Å². The molecular formula is C16H10F3N3. The van der Waals surface area contributed by atoms with Gasteiger partial charge in [0.05, 0.1) is 29.1 Å². The summed E-state index contributed by atoms with van der Waals surface area (Å²) in [6, 6.07) is 11.1. The quantitative estimate of drug-likeness (QED) is 0.685. The Balaban J connectivity index is 2.26. The van der Waals surface area contributed by atoms with Crippen LogP contribution in [0.25, 0.3) is 22.4 Å². The average molecular weight is 301 g/mol. The molecule has 0 saturated heterocycles. The third kappa shape index (κ3) is 2.21. The van der Waals surface area contributed by atoms with E-state index in [9.17, 15) is 13.2 Å². The van der Waals surface area contributed by atoms with Crippen molar-refractivity contribution in [2.24, 2.45) is 0 Å². The lowest BCUT2D eigenvalue weighted by atomic mass is 10.2. The Bertz CT molecular complexity index is 894. The molecule has 110 valence electrons. The Labute approximate surface area is 124 Å². The number of aromatic nitrogens is 2. The van der Waals surface area contributed by atoms with Crippen molar-refractivity contribution < 1.29 is 13.2 Å². The van der Waals surface area contributed by atoms with Crippen LogP contribution in [0.3, 0.4) is 0 Å². The molecule has 1 aromatic heterocycles. The summed E-state index contributed by atoms with van der Waals surface area (Å²) in [5.74, 6) is -3.89. The fraction of sp³-hybridized carbons (Fsp3) is 0.125. The van der Waals surface area contributed by atoms with E-state index in [0.717, 1.165) is 12.1 Å². The molecule has 0 fully saturated rings. The monoisotopic (exact) mass is 301 g/mol. The van der Waals surface area contributed by atoms with Crippen molar-refractivity contribution in [2.45, 2.75) is 13.0 Å². The number of hydrogen-bond donors (Lipinski definition) is 0. The molecule has 0 bridgehead atoms. The maximum absolute atomic E-state index is 14.0. The molecule has 22 heavy (non-hydrogen) atoms. The minimum absolute atomic E-state index is 0.131. The third-order valence-electron chi connectivity index (χ3n) is 3.38. The van der Waals surface area contributed by atoms with E-state index < -0.39 is 17.5 Å². The van der Waals surface area contributed by atoms with Crippen molar-refractivity contribution in [3.8, 4) is 17.5 Å².